The second-order valence-electron chi connectivity index (χ2n) is 4.47. The smallest absolute Gasteiger partial charge is 0.343 e. The van der Waals surface area contributed by atoms with Crippen LogP contribution >= 0.6 is 23.2 Å². The molecule has 2 rings (SSSR count). The molecule has 23 heavy (non-hydrogen) atoms. The van der Waals surface area contributed by atoms with E-state index >= 15 is 0 Å². The number of nitrogens with one attached hydrogen (secondary N) is 1. The van der Waals surface area contributed by atoms with Crippen LogP contribution < -0.4 is 10.1 Å². The molecule has 0 fully saturated rings. The molecular weight excluding hydrogens is 341 g/mol. The third kappa shape index (κ3) is 4.87. The van der Waals surface area contributed by atoms with Gasteiger partial charge in [-0.2, -0.15) is 0 Å². The van der Waals surface area contributed by atoms with Crippen LogP contribution in [0.1, 0.15) is 10.4 Å². The van der Waals surface area contributed by atoms with Crippen molar-refractivity contribution in [3.05, 3.63) is 58.1 Å². The van der Waals surface area contributed by atoms with Gasteiger partial charge >= 0.3 is 5.97 Å². The molecule has 0 spiro atoms. The average Bonchev–Trinajstić information content (AvgIpc) is 2.56. The largest absolute Gasteiger partial charge is 0.482 e. The molecule has 0 bridgehead atoms. The Morgan fingerprint density at radius 2 is 1.91 bits per heavy atom. The number of carbonyl (C=O) groups excluding carboxylic acids is 2. The second kappa shape index (κ2) is 7.85. The lowest BCUT2D eigenvalue weighted by atomic mass is 10.2. The summed E-state index contributed by atoms with van der Waals surface area (Å²) >= 11 is 11.9. The lowest BCUT2D eigenvalue weighted by molar-refractivity contribution is -0.142. The van der Waals surface area contributed by atoms with Crippen LogP contribution in [0, 0.1) is 0 Å². The molecule has 0 aliphatic carbocycles. The monoisotopic (exact) mass is 353 g/mol. The molecule has 2 aromatic carbocycles. The first-order chi connectivity index (χ1) is 11.0. The van der Waals surface area contributed by atoms with Crippen molar-refractivity contribution in [1.29, 1.82) is 0 Å². The van der Waals surface area contributed by atoms with Gasteiger partial charge in [-0.05, 0) is 36.4 Å². The zero-order valence-corrected chi connectivity index (χ0v) is 13.6. The van der Waals surface area contributed by atoms with Crippen molar-refractivity contribution in [2.75, 3.05) is 19.0 Å². The van der Waals surface area contributed by atoms with Crippen molar-refractivity contribution in [2.24, 2.45) is 0 Å². The number of benzene rings is 2. The summed E-state index contributed by atoms with van der Waals surface area (Å²) in [6.07, 6.45) is 0. The molecular formula is C16H13Cl2NO4. The summed E-state index contributed by atoms with van der Waals surface area (Å²) in [7, 11) is 1.27. The van der Waals surface area contributed by atoms with Crippen molar-refractivity contribution < 1.29 is 19.1 Å². The third-order valence-corrected chi connectivity index (χ3v) is 3.42. The summed E-state index contributed by atoms with van der Waals surface area (Å²) in [5.74, 6) is -0.511. The molecule has 1 amide bonds. The molecule has 0 aliphatic heterocycles. The highest BCUT2D eigenvalue weighted by Crippen LogP contribution is 2.26. The summed E-state index contributed by atoms with van der Waals surface area (Å²) in [4.78, 5) is 23.3. The van der Waals surface area contributed by atoms with E-state index < -0.39 is 5.97 Å². The molecule has 0 heterocycles. The molecule has 0 aliphatic rings. The van der Waals surface area contributed by atoms with Crippen LogP contribution in [0.25, 0.3) is 0 Å². The highest BCUT2D eigenvalue weighted by molar-refractivity contribution is 6.35. The van der Waals surface area contributed by atoms with E-state index in [4.69, 9.17) is 27.9 Å². The van der Waals surface area contributed by atoms with Crippen LogP contribution in [0.4, 0.5) is 5.69 Å². The highest BCUT2D eigenvalue weighted by Gasteiger charge is 2.10. The first-order valence-corrected chi connectivity index (χ1v) is 7.31. The number of methoxy groups -OCH3 is 1. The van der Waals surface area contributed by atoms with Crippen LogP contribution in [0.5, 0.6) is 5.75 Å². The Kier molecular flexibility index (Phi) is 5.84. The highest BCUT2D eigenvalue weighted by atomic mass is 35.5. The summed E-state index contributed by atoms with van der Waals surface area (Å²) < 4.78 is 9.72. The predicted molar refractivity (Wildman–Crippen MR) is 88.4 cm³/mol. The fourth-order valence-electron chi connectivity index (χ4n) is 1.72. The molecule has 5 nitrogen and oxygen atoms in total. The van der Waals surface area contributed by atoms with Gasteiger partial charge in [-0.3, -0.25) is 4.79 Å². The molecule has 0 aromatic heterocycles. The summed E-state index contributed by atoms with van der Waals surface area (Å²) in [6.45, 7) is -0.234. The van der Waals surface area contributed by atoms with Crippen LogP contribution in [0.3, 0.4) is 0 Å². The van der Waals surface area contributed by atoms with Crippen LogP contribution in [0.15, 0.2) is 42.5 Å². The number of esters is 1. The maximum Gasteiger partial charge on any atom is 0.343 e. The molecule has 0 unspecified atom stereocenters. The number of halogens is 2. The molecule has 2 aromatic rings. The minimum atomic E-state index is -0.509. The number of amides is 1. The minimum Gasteiger partial charge on any atom is -0.482 e. The zero-order chi connectivity index (χ0) is 16.8. The van der Waals surface area contributed by atoms with Crippen LogP contribution in [-0.2, 0) is 9.53 Å². The molecule has 0 saturated heterocycles. The Labute approximate surface area is 143 Å². The molecule has 120 valence electrons. The number of anilines is 1. The molecule has 1 N–H and O–H groups in total. The average molecular weight is 354 g/mol. The maximum atomic E-state index is 12.3. The van der Waals surface area contributed by atoms with E-state index in [9.17, 15) is 9.59 Å². The van der Waals surface area contributed by atoms with Gasteiger partial charge < -0.3 is 14.8 Å². The summed E-state index contributed by atoms with van der Waals surface area (Å²) in [6, 6.07) is 11.2. The number of rotatable bonds is 5. The lowest BCUT2D eigenvalue weighted by Gasteiger charge is -2.09. The molecule has 0 atom stereocenters. The van der Waals surface area contributed by atoms with E-state index in [1.165, 1.54) is 13.2 Å². The quantitative estimate of drug-likeness (QED) is 0.830. The Hall–Kier alpha value is -2.24. The van der Waals surface area contributed by atoms with Crippen molar-refractivity contribution in [2.45, 2.75) is 0 Å². The number of ether oxygens (including phenoxy) is 2. The van der Waals surface area contributed by atoms with Crippen LogP contribution in [0.2, 0.25) is 10.0 Å². The van der Waals surface area contributed by atoms with E-state index in [2.05, 4.69) is 10.1 Å². The Morgan fingerprint density at radius 3 is 2.65 bits per heavy atom. The summed E-state index contributed by atoms with van der Waals surface area (Å²) in [5, 5.41) is 3.50. The number of hydrogen-bond donors (Lipinski definition) is 1. The fraction of sp³-hybridized carbons (Fsp3) is 0.125. The number of carbonyl (C=O) groups is 2. The van der Waals surface area contributed by atoms with Crippen molar-refractivity contribution in [1.82, 2.24) is 0 Å². The van der Waals surface area contributed by atoms with Gasteiger partial charge in [-0.1, -0.05) is 29.3 Å². The first-order valence-electron chi connectivity index (χ1n) is 6.55. The second-order valence-corrected chi connectivity index (χ2v) is 5.31. The van der Waals surface area contributed by atoms with Gasteiger partial charge in [0.2, 0.25) is 0 Å². The topological polar surface area (TPSA) is 64.6 Å². The molecule has 0 radical (unpaired) electrons. The van der Waals surface area contributed by atoms with Gasteiger partial charge in [-0.25, -0.2) is 4.79 Å². The fourth-order valence-corrected chi connectivity index (χ4v) is 2.05. The van der Waals surface area contributed by atoms with Crippen molar-refractivity contribution in [3.63, 3.8) is 0 Å². The SMILES string of the molecule is COC(=O)COc1cccc(C(=O)Nc2cc(Cl)ccc2Cl)c1. The summed E-state index contributed by atoms with van der Waals surface area (Å²) in [5.41, 5.74) is 0.758. The minimum absolute atomic E-state index is 0.234. The van der Waals surface area contributed by atoms with Gasteiger partial charge in [-0.15, -0.1) is 0 Å². The Balaban J connectivity index is 2.10. The van der Waals surface area contributed by atoms with Gasteiger partial charge in [0.1, 0.15) is 5.75 Å². The lowest BCUT2D eigenvalue weighted by Crippen LogP contribution is -2.14. The predicted octanol–water partition coefficient (Wildman–Crippen LogP) is 3.80. The molecule has 7 heteroatoms. The first kappa shape index (κ1) is 17.1. The normalized spacial score (nSPS) is 10.0. The Morgan fingerprint density at radius 1 is 1.13 bits per heavy atom. The standard InChI is InChI=1S/C16H13Cl2NO4/c1-22-15(20)9-23-12-4-2-3-10(7-12)16(21)19-14-8-11(17)5-6-13(14)18/h2-8H,9H2,1H3,(H,19,21). The maximum absolute atomic E-state index is 12.3. The van der Waals surface area contributed by atoms with E-state index in [0.29, 0.717) is 27.0 Å². The third-order valence-electron chi connectivity index (χ3n) is 2.86. The van der Waals surface area contributed by atoms with Gasteiger partial charge in [0, 0.05) is 10.6 Å². The molecule has 0 saturated carbocycles. The van der Waals surface area contributed by atoms with Crippen LogP contribution in [-0.4, -0.2) is 25.6 Å². The van der Waals surface area contributed by atoms with Gasteiger partial charge in [0.05, 0.1) is 17.8 Å². The zero-order valence-electron chi connectivity index (χ0n) is 12.1. The van der Waals surface area contributed by atoms with E-state index in [1.807, 2.05) is 0 Å². The Bertz CT molecular complexity index is 734. The van der Waals surface area contributed by atoms with Crippen molar-refractivity contribution in [3.8, 4) is 5.75 Å². The van der Waals surface area contributed by atoms with Gasteiger partial charge in [0.15, 0.2) is 6.61 Å². The van der Waals surface area contributed by atoms with E-state index in [1.54, 1.807) is 36.4 Å². The van der Waals surface area contributed by atoms with E-state index in [-0.39, 0.29) is 12.5 Å². The van der Waals surface area contributed by atoms with Gasteiger partial charge in [0.25, 0.3) is 5.91 Å². The number of hydrogen-bond acceptors (Lipinski definition) is 4. The van der Waals surface area contributed by atoms with Crippen molar-refractivity contribution >= 4 is 40.8 Å². The van der Waals surface area contributed by atoms with E-state index in [0.717, 1.165) is 0 Å².